The van der Waals surface area contributed by atoms with E-state index in [-0.39, 0.29) is 18.9 Å². The number of carbonyl (C=O) groups excluding carboxylic acids is 1. The topological polar surface area (TPSA) is 106 Å². The van der Waals surface area contributed by atoms with E-state index in [0.29, 0.717) is 11.4 Å². The largest absolute Gasteiger partial charge is 0.397 e. The molecule has 1 saturated heterocycles. The Bertz CT molecular complexity index is 640. The van der Waals surface area contributed by atoms with Gasteiger partial charge < -0.3 is 10.6 Å². The van der Waals surface area contributed by atoms with Crippen molar-refractivity contribution in [2.75, 3.05) is 17.2 Å². The van der Waals surface area contributed by atoms with Gasteiger partial charge in [-0.15, -0.1) is 0 Å². The summed E-state index contributed by atoms with van der Waals surface area (Å²) in [6, 6.07) is 3.60. The van der Waals surface area contributed by atoms with E-state index in [1.165, 1.54) is 4.90 Å². The van der Waals surface area contributed by atoms with Crippen molar-refractivity contribution in [3.63, 3.8) is 0 Å². The van der Waals surface area contributed by atoms with Crippen LogP contribution >= 0.6 is 0 Å². The quantitative estimate of drug-likeness (QED) is 0.760. The molecule has 19 heavy (non-hydrogen) atoms. The third-order valence-electron chi connectivity index (χ3n) is 3.61. The number of nitrogen functional groups attached to an aromatic ring is 1. The maximum atomic E-state index is 11.9. The van der Waals surface area contributed by atoms with Crippen LogP contribution in [0.1, 0.15) is 17.5 Å². The second-order valence-electron chi connectivity index (χ2n) is 4.86. The summed E-state index contributed by atoms with van der Waals surface area (Å²) in [5.74, 6) is -0.269. The molecule has 0 aliphatic carbocycles. The van der Waals surface area contributed by atoms with Gasteiger partial charge in [-0.25, -0.2) is 13.6 Å². The molecule has 1 unspecified atom stereocenters. The van der Waals surface area contributed by atoms with Crippen LogP contribution in [0.3, 0.4) is 0 Å². The molecule has 4 N–H and O–H groups in total. The van der Waals surface area contributed by atoms with Gasteiger partial charge >= 0.3 is 0 Å². The maximum Gasteiger partial charge on any atom is 0.228 e. The third-order valence-corrected chi connectivity index (χ3v) is 4.85. The Hall–Kier alpha value is -1.60. The van der Waals surface area contributed by atoms with Gasteiger partial charge in [0.05, 0.1) is 11.4 Å². The summed E-state index contributed by atoms with van der Waals surface area (Å²) in [5.41, 5.74) is 8.98. The summed E-state index contributed by atoms with van der Waals surface area (Å²) in [4.78, 5) is 13.3. The molecular formula is C12H17N3O3S. The molecule has 1 aliphatic rings. The first-order chi connectivity index (χ1) is 8.71. The SMILES string of the molecule is Cc1ccc(N2CC(S(N)(=O)=O)CC2=O)c(N)c1C. The first-order valence-corrected chi connectivity index (χ1v) is 7.50. The Labute approximate surface area is 112 Å². The van der Waals surface area contributed by atoms with Gasteiger partial charge in [-0.1, -0.05) is 6.07 Å². The number of nitrogens with zero attached hydrogens (tertiary/aromatic N) is 1. The number of sulfonamides is 1. The normalized spacial score (nSPS) is 20.1. The van der Waals surface area contributed by atoms with Gasteiger partial charge in [0.15, 0.2) is 0 Å². The van der Waals surface area contributed by atoms with Crippen molar-refractivity contribution in [2.45, 2.75) is 25.5 Å². The van der Waals surface area contributed by atoms with E-state index in [4.69, 9.17) is 10.9 Å². The fourth-order valence-corrected chi connectivity index (χ4v) is 2.92. The molecule has 104 valence electrons. The molecule has 0 spiro atoms. The van der Waals surface area contributed by atoms with Crippen LogP contribution in [0.5, 0.6) is 0 Å². The molecule has 0 radical (unpaired) electrons. The molecule has 0 bridgehead atoms. The number of hydrogen-bond donors (Lipinski definition) is 2. The minimum atomic E-state index is -3.71. The van der Waals surface area contributed by atoms with Crippen molar-refractivity contribution in [3.05, 3.63) is 23.3 Å². The minimum Gasteiger partial charge on any atom is -0.397 e. The molecule has 1 heterocycles. The summed E-state index contributed by atoms with van der Waals surface area (Å²) in [7, 11) is -3.71. The number of anilines is 2. The monoisotopic (exact) mass is 283 g/mol. The molecule has 1 aliphatic heterocycles. The molecular weight excluding hydrogens is 266 g/mol. The Morgan fingerprint density at radius 2 is 1.95 bits per heavy atom. The zero-order chi connectivity index (χ0) is 14.4. The highest BCUT2D eigenvalue weighted by atomic mass is 32.2. The number of primary sulfonamides is 1. The molecule has 0 saturated carbocycles. The average Bonchev–Trinajstić information content (AvgIpc) is 2.68. The van der Waals surface area contributed by atoms with Gasteiger partial charge in [0, 0.05) is 13.0 Å². The second-order valence-corrected chi connectivity index (χ2v) is 6.70. The Kier molecular flexibility index (Phi) is 3.27. The predicted octanol–water partition coefficient (Wildman–Crippen LogP) is 0.279. The summed E-state index contributed by atoms with van der Waals surface area (Å²) in [6.45, 7) is 3.85. The predicted molar refractivity (Wildman–Crippen MR) is 74.2 cm³/mol. The molecule has 7 heteroatoms. The van der Waals surface area contributed by atoms with Crippen LogP contribution in [0.4, 0.5) is 11.4 Å². The highest BCUT2D eigenvalue weighted by Crippen LogP contribution is 2.32. The summed E-state index contributed by atoms with van der Waals surface area (Å²) in [5, 5.41) is 4.24. The molecule has 1 atom stereocenters. The van der Waals surface area contributed by atoms with E-state index < -0.39 is 15.3 Å². The van der Waals surface area contributed by atoms with Gasteiger partial charge in [0.25, 0.3) is 0 Å². The number of rotatable bonds is 2. The first kappa shape index (κ1) is 13.8. The number of aryl methyl sites for hydroxylation is 1. The lowest BCUT2D eigenvalue weighted by atomic mass is 10.1. The van der Waals surface area contributed by atoms with E-state index in [9.17, 15) is 13.2 Å². The fourth-order valence-electron chi connectivity index (χ4n) is 2.19. The smallest absolute Gasteiger partial charge is 0.228 e. The molecule has 1 aromatic rings. The van der Waals surface area contributed by atoms with Gasteiger partial charge in [-0.3, -0.25) is 4.79 Å². The first-order valence-electron chi connectivity index (χ1n) is 5.89. The van der Waals surface area contributed by atoms with Crippen LogP contribution in [0, 0.1) is 13.8 Å². The van der Waals surface area contributed by atoms with Crippen molar-refractivity contribution >= 4 is 27.3 Å². The maximum absolute atomic E-state index is 11.9. The molecule has 2 rings (SSSR count). The molecule has 1 aromatic carbocycles. The number of hydrogen-bond acceptors (Lipinski definition) is 4. The van der Waals surface area contributed by atoms with E-state index >= 15 is 0 Å². The lowest BCUT2D eigenvalue weighted by molar-refractivity contribution is -0.117. The van der Waals surface area contributed by atoms with Crippen LogP contribution in [-0.2, 0) is 14.8 Å². The lowest BCUT2D eigenvalue weighted by Crippen LogP contribution is -2.32. The Balaban J connectivity index is 2.39. The van der Waals surface area contributed by atoms with Gasteiger partial charge in [-0.2, -0.15) is 0 Å². The molecule has 1 fully saturated rings. The van der Waals surface area contributed by atoms with Crippen molar-refractivity contribution in [2.24, 2.45) is 5.14 Å². The molecule has 0 aromatic heterocycles. The fraction of sp³-hybridized carbons (Fsp3) is 0.417. The minimum absolute atomic E-state index is 0.0599. The zero-order valence-corrected chi connectivity index (χ0v) is 11.7. The Morgan fingerprint density at radius 3 is 2.47 bits per heavy atom. The standard InChI is InChI=1S/C12H17N3O3S/c1-7-3-4-10(12(13)8(7)2)15-6-9(5-11(15)16)19(14,17)18/h3-4,9H,5-6,13H2,1-2H3,(H2,14,17,18). The molecule has 6 nitrogen and oxygen atoms in total. The van der Waals surface area contributed by atoms with Gasteiger partial charge in [0.2, 0.25) is 15.9 Å². The van der Waals surface area contributed by atoms with Crippen molar-refractivity contribution < 1.29 is 13.2 Å². The van der Waals surface area contributed by atoms with Crippen LogP contribution in [0.25, 0.3) is 0 Å². The Morgan fingerprint density at radius 1 is 1.32 bits per heavy atom. The number of carbonyl (C=O) groups is 1. The summed E-state index contributed by atoms with van der Waals surface area (Å²) < 4.78 is 22.7. The van der Waals surface area contributed by atoms with Crippen molar-refractivity contribution in [1.29, 1.82) is 0 Å². The number of amides is 1. The lowest BCUT2D eigenvalue weighted by Gasteiger charge is -2.20. The zero-order valence-electron chi connectivity index (χ0n) is 10.9. The van der Waals surface area contributed by atoms with Crippen molar-refractivity contribution in [3.8, 4) is 0 Å². The summed E-state index contributed by atoms with van der Waals surface area (Å²) in [6.07, 6.45) is -0.0921. The van der Waals surface area contributed by atoms with Crippen LogP contribution in [0.15, 0.2) is 12.1 Å². The van der Waals surface area contributed by atoms with E-state index in [1.54, 1.807) is 6.07 Å². The van der Waals surface area contributed by atoms with Crippen molar-refractivity contribution in [1.82, 2.24) is 0 Å². The average molecular weight is 283 g/mol. The van der Waals surface area contributed by atoms with Crippen LogP contribution in [0.2, 0.25) is 0 Å². The third kappa shape index (κ3) is 2.43. The van der Waals surface area contributed by atoms with E-state index in [0.717, 1.165) is 11.1 Å². The second kappa shape index (κ2) is 4.50. The molecule has 1 amide bonds. The van der Waals surface area contributed by atoms with Crippen LogP contribution in [-0.4, -0.2) is 26.1 Å². The number of benzene rings is 1. The highest BCUT2D eigenvalue weighted by Gasteiger charge is 2.37. The van der Waals surface area contributed by atoms with Gasteiger partial charge in [-0.05, 0) is 31.0 Å². The summed E-state index contributed by atoms with van der Waals surface area (Å²) >= 11 is 0. The van der Waals surface area contributed by atoms with Gasteiger partial charge in [0.1, 0.15) is 5.25 Å². The van der Waals surface area contributed by atoms with E-state index in [1.807, 2.05) is 19.9 Å². The van der Waals surface area contributed by atoms with E-state index in [2.05, 4.69) is 0 Å². The highest BCUT2D eigenvalue weighted by molar-refractivity contribution is 7.89. The number of nitrogens with two attached hydrogens (primary N) is 2. The van der Waals surface area contributed by atoms with Crippen LogP contribution < -0.4 is 15.8 Å².